The van der Waals surface area contributed by atoms with E-state index in [4.69, 9.17) is 4.74 Å². The van der Waals surface area contributed by atoms with Crippen LogP contribution in [0.2, 0.25) is 0 Å². The Morgan fingerprint density at radius 3 is 2.27 bits per heavy atom. The van der Waals surface area contributed by atoms with Gasteiger partial charge in [0.25, 0.3) is 5.91 Å². The number of hydrogen-bond donors (Lipinski definition) is 2. The number of alkyl halides is 3. The number of nitrogens with one attached hydrogen (secondary N) is 2. The third-order valence-electron chi connectivity index (χ3n) is 2.30. The zero-order chi connectivity index (χ0) is 15.7. The predicted molar refractivity (Wildman–Crippen MR) is 77.7 cm³/mol. The van der Waals surface area contributed by atoms with E-state index in [9.17, 15) is 18.0 Å². The Morgan fingerprint density at radius 2 is 1.73 bits per heavy atom. The fraction of sp³-hybridized carbons (Fsp3) is 0.462. The minimum absolute atomic E-state index is 0. The second-order valence-electron chi connectivity index (χ2n) is 4.09. The van der Waals surface area contributed by atoms with Crippen LogP contribution in [0.5, 0.6) is 11.5 Å². The van der Waals surface area contributed by atoms with Gasteiger partial charge in [-0.25, -0.2) is 0 Å². The highest BCUT2D eigenvalue weighted by atomic mass is 35.5. The minimum Gasteiger partial charge on any atom is -0.480 e. The first kappa shape index (κ1) is 20.3. The van der Waals surface area contributed by atoms with Crippen LogP contribution in [0.3, 0.4) is 0 Å². The number of carbonyl (C=O) groups excluding carboxylic acids is 1. The van der Waals surface area contributed by atoms with Crippen molar-refractivity contribution < 1.29 is 27.4 Å². The largest absolute Gasteiger partial charge is 0.480 e. The van der Waals surface area contributed by atoms with Gasteiger partial charge in [0.1, 0.15) is 0 Å². The van der Waals surface area contributed by atoms with Gasteiger partial charge in [-0.05, 0) is 19.2 Å². The van der Waals surface area contributed by atoms with Gasteiger partial charge >= 0.3 is 6.18 Å². The number of ether oxygens (including phenoxy) is 2. The molecule has 0 aliphatic heterocycles. The average Bonchev–Trinajstić information content (AvgIpc) is 2.43. The van der Waals surface area contributed by atoms with Crippen LogP contribution >= 0.6 is 12.4 Å². The van der Waals surface area contributed by atoms with Crippen LogP contribution in [0.1, 0.15) is 0 Å². The predicted octanol–water partition coefficient (Wildman–Crippen LogP) is 1.76. The molecule has 0 unspecified atom stereocenters. The van der Waals surface area contributed by atoms with Gasteiger partial charge in [-0.15, -0.1) is 12.4 Å². The van der Waals surface area contributed by atoms with Crippen molar-refractivity contribution in [2.75, 3.05) is 33.4 Å². The number of para-hydroxylation sites is 2. The zero-order valence-corrected chi connectivity index (χ0v) is 12.7. The lowest BCUT2D eigenvalue weighted by atomic mass is 10.3. The van der Waals surface area contributed by atoms with Gasteiger partial charge < -0.3 is 20.1 Å². The van der Waals surface area contributed by atoms with E-state index in [0.717, 1.165) is 0 Å². The third kappa shape index (κ3) is 8.58. The van der Waals surface area contributed by atoms with Crippen molar-refractivity contribution in [3.05, 3.63) is 24.3 Å². The van der Waals surface area contributed by atoms with Crippen LogP contribution in [0, 0.1) is 0 Å². The molecule has 0 fully saturated rings. The molecule has 126 valence electrons. The summed E-state index contributed by atoms with van der Waals surface area (Å²) in [6.07, 6.45) is -4.43. The first-order valence-corrected chi connectivity index (χ1v) is 6.25. The van der Waals surface area contributed by atoms with E-state index >= 15 is 0 Å². The second-order valence-corrected chi connectivity index (χ2v) is 4.09. The van der Waals surface area contributed by atoms with E-state index in [1.54, 1.807) is 13.1 Å². The summed E-state index contributed by atoms with van der Waals surface area (Å²) in [4.78, 5) is 11.4. The maximum Gasteiger partial charge on any atom is 0.422 e. The lowest BCUT2D eigenvalue weighted by molar-refractivity contribution is -0.153. The highest BCUT2D eigenvalue weighted by Crippen LogP contribution is 2.28. The Morgan fingerprint density at radius 1 is 1.14 bits per heavy atom. The molecule has 1 aromatic rings. The fourth-order valence-electron chi connectivity index (χ4n) is 1.37. The molecule has 22 heavy (non-hydrogen) atoms. The summed E-state index contributed by atoms with van der Waals surface area (Å²) in [6.45, 7) is -0.667. The molecule has 0 heterocycles. The molecule has 0 aliphatic carbocycles. The first-order chi connectivity index (χ1) is 9.92. The van der Waals surface area contributed by atoms with Gasteiger partial charge in [0.05, 0.1) is 0 Å². The minimum atomic E-state index is -4.43. The lowest BCUT2D eigenvalue weighted by Crippen LogP contribution is -2.33. The molecule has 0 spiro atoms. The van der Waals surface area contributed by atoms with E-state index in [0.29, 0.717) is 13.1 Å². The first-order valence-electron chi connectivity index (χ1n) is 6.25. The molecular weight excluding hydrogens is 325 g/mol. The van der Waals surface area contributed by atoms with Gasteiger partial charge in [-0.3, -0.25) is 4.79 Å². The number of carbonyl (C=O) groups is 1. The molecule has 1 aromatic carbocycles. The molecule has 5 nitrogen and oxygen atoms in total. The molecule has 1 amide bonds. The van der Waals surface area contributed by atoms with Crippen LogP contribution in [0.4, 0.5) is 13.2 Å². The maximum atomic E-state index is 12.1. The molecule has 0 aromatic heterocycles. The van der Waals surface area contributed by atoms with E-state index in [1.165, 1.54) is 18.2 Å². The van der Waals surface area contributed by atoms with Crippen LogP contribution in [0.15, 0.2) is 24.3 Å². The highest BCUT2D eigenvalue weighted by Gasteiger charge is 2.28. The van der Waals surface area contributed by atoms with Gasteiger partial charge in [0.2, 0.25) is 0 Å². The number of hydrogen-bond acceptors (Lipinski definition) is 4. The van der Waals surface area contributed by atoms with Crippen molar-refractivity contribution in [1.82, 2.24) is 10.6 Å². The van der Waals surface area contributed by atoms with Crippen LogP contribution in [-0.4, -0.2) is 45.4 Å². The summed E-state index contributed by atoms with van der Waals surface area (Å²) < 4.78 is 46.2. The molecule has 9 heteroatoms. The van der Waals surface area contributed by atoms with Gasteiger partial charge in [-0.1, -0.05) is 12.1 Å². The van der Waals surface area contributed by atoms with Gasteiger partial charge in [0.15, 0.2) is 24.7 Å². The van der Waals surface area contributed by atoms with E-state index in [-0.39, 0.29) is 36.4 Å². The number of likely N-dealkylation sites (N-methyl/N-ethyl adjacent to an activating group) is 1. The Labute approximate surface area is 132 Å². The number of amides is 1. The van der Waals surface area contributed by atoms with E-state index in [2.05, 4.69) is 15.4 Å². The van der Waals surface area contributed by atoms with Crippen molar-refractivity contribution in [3.63, 3.8) is 0 Å². The van der Waals surface area contributed by atoms with E-state index < -0.39 is 12.8 Å². The Kier molecular flexibility index (Phi) is 9.35. The van der Waals surface area contributed by atoms with E-state index in [1.807, 2.05) is 0 Å². The Balaban J connectivity index is 0.00000441. The molecule has 0 aliphatic rings. The normalized spacial score (nSPS) is 10.5. The van der Waals surface area contributed by atoms with Gasteiger partial charge in [-0.2, -0.15) is 13.2 Å². The summed E-state index contributed by atoms with van der Waals surface area (Å²) in [5.74, 6) is -0.334. The number of rotatable bonds is 8. The summed E-state index contributed by atoms with van der Waals surface area (Å²) >= 11 is 0. The summed E-state index contributed by atoms with van der Waals surface area (Å²) in [7, 11) is 1.75. The van der Waals surface area contributed by atoms with Crippen LogP contribution < -0.4 is 20.1 Å². The fourth-order valence-corrected chi connectivity index (χ4v) is 1.37. The number of halogens is 4. The molecule has 0 saturated carbocycles. The molecule has 0 saturated heterocycles. The smallest absolute Gasteiger partial charge is 0.422 e. The van der Waals surface area contributed by atoms with Crippen LogP contribution in [-0.2, 0) is 4.79 Å². The molecule has 2 N–H and O–H groups in total. The van der Waals surface area contributed by atoms with Gasteiger partial charge in [0, 0.05) is 13.1 Å². The standard InChI is InChI=1S/C13H17F3N2O3.ClH/c1-17-6-7-18-12(19)8-20-10-4-2-3-5-11(10)21-9-13(14,15)16;/h2-5,17H,6-9H2,1H3,(H,18,19);1H. The zero-order valence-electron chi connectivity index (χ0n) is 11.9. The lowest BCUT2D eigenvalue weighted by Gasteiger charge is -2.13. The van der Waals surface area contributed by atoms with Crippen molar-refractivity contribution in [3.8, 4) is 11.5 Å². The Bertz CT molecular complexity index is 458. The topological polar surface area (TPSA) is 59.6 Å². The summed E-state index contributed by atoms with van der Waals surface area (Å²) in [5.41, 5.74) is 0. The third-order valence-corrected chi connectivity index (χ3v) is 2.30. The quantitative estimate of drug-likeness (QED) is 0.707. The molecule has 1 rings (SSSR count). The summed E-state index contributed by atoms with van der Waals surface area (Å²) in [6, 6.07) is 5.88. The molecule has 0 atom stereocenters. The Hall–Kier alpha value is -1.67. The highest BCUT2D eigenvalue weighted by molar-refractivity contribution is 5.85. The second kappa shape index (κ2) is 10.1. The SMILES string of the molecule is CNCCNC(=O)COc1ccccc1OCC(F)(F)F.Cl. The molecular formula is C13H18ClF3N2O3. The monoisotopic (exact) mass is 342 g/mol. The number of benzene rings is 1. The average molecular weight is 343 g/mol. The van der Waals surface area contributed by atoms with Crippen LogP contribution in [0.25, 0.3) is 0 Å². The van der Waals surface area contributed by atoms with Crippen molar-refractivity contribution in [1.29, 1.82) is 0 Å². The van der Waals surface area contributed by atoms with Crippen molar-refractivity contribution in [2.24, 2.45) is 0 Å². The summed E-state index contributed by atoms with van der Waals surface area (Å²) in [5, 5.41) is 5.44. The maximum absolute atomic E-state index is 12.1. The van der Waals surface area contributed by atoms with Crippen molar-refractivity contribution >= 4 is 18.3 Å². The van der Waals surface area contributed by atoms with Crippen molar-refractivity contribution in [2.45, 2.75) is 6.18 Å². The molecule has 0 radical (unpaired) electrons. The molecule has 0 bridgehead atoms.